The first-order valence-corrected chi connectivity index (χ1v) is 18.2. The van der Waals surface area contributed by atoms with Crippen LogP contribution >= 0.6 is 0 Å². The third kappa shape index (κ3) is 11.3. The van der Waals surface area contributed by atoms with Crippen LogP contribution < -0.4 is 0 Å². The van der Waals surface area contributed by atoms with Gasteiger partial charge in [-0.1, -0.05) is 0 Å². The predicted octanol–water partition coefficient (Wildman–Crippen LogP) is 0.0588. The van der Waals surface area contributed by atoms with Gasteiger partial charge in [0, 0.05) is 92.4 Å². The summed E-state index contributed by atoms with van der Waals surface area (Å²) in [6.45, 7) is 2.39. The molecule has 3 saturated heterocycles. The molecule has 0 aliphatic carbocycles. The summed E-state index contributed by atoms with van der Waals surface area (Å²) in [6, 6.07) is 0. The third-order valence-electron chi connectivity index (χ3n) is 10.5. The van der Waals surface area contributed by atoms with Crippen LogP contribution in [0.2, 0.25) is 0 Å². The number of methoxy groups -OCH3 is 13. The fraction of sp³-hybridized carbons (Fsp3) is 1.00. The molecule has 0 bridgehead atoms. The summed E-state index contributed by atoms with van der Waals surface area (Å²) < 4.78 is 115. The molecule has 19 nitrogen and oxygen atoms in total. The Morgan fingerprint density at radius 2 is 0.927 bits per heavy atom. The minimum absolute atomic E-state index is 0.0867. The maximum Gasteiger partial charge on any atom is 0.187 e. The van der Waals surface area contributed by atoms with Crippen molar-refractivity contribution in [3.05, 3.63) is 0 Å². The molecule has 55 heavy (non-hydrogen) atoms. The Hall–Kier alpha value is -0.760. The van der Waals surface area contributed by atoms with Crippen LogP contribution in [-0.4, -0.2) is 229 Å². The Morgan fingerprint density at radius 1 is 0.455 bits per heavy atom. The molecule has 0 aromatic carbocycles. The van der Waals surface area contributed by atoms with Crippen LogP contribution in [0.15, 0.2) is 0 Å². The van der Waals surface area contributed by atoms with Crippen LogP contribution in [0.3, 0.4) is 0 Å². The zero-order chi connectivity index (χ0) is 40.7. The maximum atomic E-state index is 6.92. The molecule has 17 atom stereocenters. The minimum Gasteiger partial charge on any atom is -0.382 e. The van der Waals surface area contributed by atoms with E-state index in [1.807, 2.05) is 6.92 Å². The van der Waals surface area contributed by atoms with Gasteiger partial charge in [-0.2, -0.15) is 0 Å². The van der Waals surface area contributed by atoms with Crippen molar-refractivity contribution in [3.8, 4) is 0 Å². The van der Waals surface area contributed by atoms with Crippen molar-refractivity contribution in [1.82, 2.24) is 0 Å². The molecule has 3 aliphatic rings. The molecule has 0 N–H and O–H groups in total. The summed E-state index contributed by atoms with van der Waals surface area (Å²) in [4.78, 5) is 0. The van der Waals surface area contributed by atoms with Gasteiger partial charge >= 0.3 is 0 Å². The van der Waals surface area contributed by atoms with Crippen LogP contribution in [0.4, 0.5) is 0 Å². The van der Waals surface area contributed by atoms with E-state index in [4.69, 9.17) is 90.0 Å². The van der Waals surface area contributed by atoms with E-state index in [0.717, 1.165) is 0 Å². The number of rotatable bonds is 25. The maximum absolute atomic E-state index is 6.92. The fourth-order valence-corrected chi connectivity index (χ4v) is 7.75. The second-order valence-corrected chi connectivity index (χ2v) is 13.5. The van der Waals surface area contributed by atoms with Gasteiger partial charge in [-0.25, -0.2) is 0 Å². The average molecular weight is 805 g/mol. The van der Waals surface area contributed by atoms with Gasteiger partial charge in [0.1, 0.15) is 78.8 Å². The monoisotopic (exact) mass is 804 g/mol. The lowest BCUT2D eigenvalue weighted by molar-refractivity contribution is -0.397. The van der Waals surface area contributed by atoms with Gasteiger partial charge in [0.2, 0.25) is 0 Å². The summed E-state index contributed by atoms with van der Waals surface area (Å²) in [7, 11) is 20.3. The van der Waals surface area contributed by atoms with E-state index in [-0.39, 0.29) is 33.0 Å². The molecule has 3 fully saturated rings. The lowest BCUT2D eigenvalue weighted by Gasteiger charge is -2.51. The quantitative estimate of drug-likeness (QED) is 0.121. The summed E-state index contributed by atoms with van der Waals surface area (Å²) in [5, 5.41) is 0. The molecule has 0 aromatic heterocycles. The van der Waals surface area contributed by atoms with E-state index in [9.17, 15) is 0 Å². The summed E-state index contributed by atoms with van der Waals surface area (Å²) in [5.74, 6) is 0. The molecule has 326 valence electrons. The first-order chi connectivity index (χ1) is 26.6. The van der Waals surface area contributed by atoms with Crippen molar-refractivity contribution in [2.45, 2.75) is 111 Å². The lowest BCUT2D eigenvalue weighted by atomic mass is 9.95. The predicted molar refractivity (Wildman–Crippen MR) is 191 cm³/mol. The normalized spacial score (nSPS) is 38.8. The minimum atomic E-state index is -1.14. The van der Waals surface area contributed by atoms with Gasteiger partial charge in [0.15, 0.2) is 18.9 Å². The van der Waals surface area contributed by atoms with Crippen LogP contribution in [0.5, 0.6) is 0 Å². The Labute approximate surface area is 326 Å². The highest BCUT2D eigenvalue weighted by molar-refractivity contribution is 4.99. The average Bonchev–Trinajstić information content (AvgIpc) is 3.19. The Balaban J connectivity index is 2.15. The molecule has 0 amide bonds. The molecule has 19 heteroatoms. The van der Waals surface area contributed by atoms with Gasteiger partial charge in [-0.3, -0.25) is 0 Å². The zero-order valence-electron chi connectivity index (χ0n) is 35.0. The Kier molecular flexibility index (Phi) is 21.5. The zero-order valence-corrected chi connectivity index (χ0v) is 35.0. The van der Waals surface area contributed by atoms with Crippen LogP contribution in [-0.2, 0) is 90.0 Å². The van der Waals surface area contributed by atoms with Gasteiger partial charge in [0.25, 0.3) is 0 Å². The molecular weight excluding hydrogens is 736 g/mol. The highest BCUT2D eigenvalue weighted by Crippen LogP contribution is 2.37. The molecule has 3 aliphatic heterocycles. The van der Waals surface area contributed by atoms with Gasteiger partial charge in [-0.05, 0) is 6.92 Å². The highest BCUT2D eigenvalue weighted by atomic mass is 16.8. The van der Waals surface area contributed by atoms with Gasteiger partial charge < -0.3 is 90.0 Å². The number of ether oxygens (including phenoxy) is 19. The van der Waals surface area contributed by atoms with Gasteiger partial charge in [0.05, 0.1) is 39.1 Å². The van der Waals surface area contributed by atoms with Crippen molar-refractivity contribution in [1.29, 1.82) is 0 Å². The Morgan fingerprint density at radius 3 is 1.31 bits per heavy atom. The molecule has 0 aromatic rings. The molecule has 0 spiro atoms. The first-order valence-electron chi connectivity index (χ1n) is 18.2. The van der Waals surface area contributed by atoms with E-state index in [1.165, 1.54) is 7.11 Å². The second-order valence-electron chi connectivity index (χ2n) is 13.5. The van der Waals surface area contributed by atoms with Crippen molar-refractivity contribution in [3.63, 3.8) is 0 Å². The molecule has 0 saturated carbocycles. The van der Waals surface area contributed by atoms with E-state index in [1.54, 1.807) is 85.3 Å². The third-order valence-corrected chi connectivity index (χ3v) is 10.5. The van der Waals surface area contributed by atoms with E-state index in [0.29, 0.717) is 0 Å². The van der Waals surface area contributed by atoms with E-state index < -0.39 is 104 Å². The van der Waals surface area contributed by atoms with Gasteiger partial charge in [-0.15, -0.1) is 0 Å². The first kappa shape index (κ1) is 48.6. The van der Waals surface area contributed by atoms with Crippen LogP contribution in [0.1, 0.15) is 6.92 Å². The number of hydrogen-bond donors (Lipinski definition) is 0. The summed E-state index contributed by atoms with van der Waals surface area (Å²) >= 11 is 0. The summed E-state index contributed by atoms with van der Waals surface area (Å²) in [6.07, 6.45) is -12.3. The largest absolute Gasteiger partial charge is 0.382 e. The van der Waals surface area contributed by atoms with Crippen molar-refractivity contribution in [2.24, 2.45) is 0 Å². The van der Waals surface area contributed by atoms with Crippen molar-refractivity contribution >= 4 is 0 Å². The summed E-state index contributed by atoms with van der Waals surface area (Å²) in [5.41, 5.74) is -1.14. The molecule has 0 unspecified atom stereocenters. The smallest absolute Gasteiger partial charge is 0.187 e. The topological polar surface area (TPSA) is 175 Å². The second kappa shape index (κ2) is 24.4. The fourth-order valence-electron chi connectivity index (χ4n) is 7.75. The standard InChI is InChI=1S/C36H68O19/c1-20-24(42-7)29(54-34-30(47-12)27(45-10)25(43-8)21(52-34)15-37-2)32(33(51-20)50-19-36(49-14,18-40-5)23(41-6)17-39-4)55-35-31(48-13)28(46-11)26(44-9)22(53-35)16-38-3/h20-35H,15-19H2,1-14H3/t20-,21+,22+,23-,24-,25-,26-,27-,28-,29+,30+,31+,32+,33-,34-,35+,36+/m0/s1. The Bertz CT molecular complexity index is 1030. The van der Waals surface area contributed by atoms with Crippen LogP contribution in [0, 0.1) is 0 Å². The van der Waals surface area contributed by atoms with Crippen LogP contribution in [0.25, 0.3) is 0 Å². The molecule has 0 radical (unpaired) electrons. The number of hydrogen-bond acceptors (Lipinski definition) is 19. The van der Waals surface area contributed by atoms with Crippen molar-refractivity contribution < 1.29 is 90.0 Å². The molecular formula is C36H68O19. The van der Waals surface area contributed by atoms with Crippen molar-refractivity contribution in [2.75, 3.05) is 125 Å². The van der Waals surface area contributed by atoms with E-state index >= 15 is 0 Å². The molecule has 3 heterocycles. The van der Waals surface area contributed by atoms with E-state index in [2.05, 4.69) is 0 Å². The molecule has 3 rings (SSSR count). The SMILES string of the molecule is COC[C@H](OC)[C@@](COC)(CO[C@H]1O[C@@H](C)[C@H](OC)[C@@H](O[C@@H]2O[C@H](COC)[C@H](OC)[C@H](OC)[C@H]2OC)[C@H]1O[C@H]1O[C@H](COC)[C@H](OC)[C@H](OC)[C@H]1OC)OC. The highest BCUT2D eigenvalue weighted by Gasteiger charge is 2.56. The lowest BCUT2D eigenvalue weighted by Crippen LogP contribution is -2.68.